The Morgan fingerprint density at radius 2 is 1.83 bits per heavy atom. The van der Waals surface area contributed by atoms with E-state index in [1.165, 1.54) is 11.8 Å². The Morgan fingerprint density at radius 3 is 2.54 bits per heavy atom. The Balaban J connectivity index is 1.69. The molecule has 0 radical (unpaired) electrons. The van der Waals surface area contributed by atoms with Gasteiger partial charge in [-0.25, -0.2) is 9.79 Å². The molecule has 0 bridgehead atoms. The number of hydrogen-bond acceptors (Lipinski definition) is 5. The van der Waals surface area contributed by atoms with Crippen LogP contribution in [0.4, 0.5) is 5.69 Å². The van der Waals surface area contributed by atoms with Crippen LogP contribution in [-0.2, 0) is 9.53 Å². The first kappa shape index (κ1) is 24.5. The minimum atomic E-state index is -0.339. The van der Waals surface area contributed by atoms with Gasteiger partial charge in [-0.15, -0.1) is 0 Å². The Bertz CT molecular complexity index is 1310. The number of hydrogen-bond donors (Lipinski definition) is 0. The molecule has 0 aliphatic carbocycles. The summed E-state index contributed by atoms with van der Waals surface area (Å²) in [7, 11) is 0. The van der Waals surface area contributed by atoms with E-state index in [1.54, 1.807) is 17.9 Å². The zero-order valence-corrected chi connectivity index (χ0v) is 21.3. The molecule has 4 rings (SSSR count). The van der Waals surface area contributed by atoms with Crippen LogP contribution in [-0.4, -0.2) is 39.7 Å². The number of amidine groups is 1. The maximum atomic E-state index is 13.3. The van der Waals surface area contributed by atoms with E-state index < -0.39 is 0 Å². The Labute approximate surface area is 210 Å². The SMILES string of the molecule is CCCN1C(=O)/C(=C/c2cc(C)n(-c3cccc(C(=O)OCC)c3)c2C)SC1=Nc1ccccc1. The van der Waals surface area contributed by atoms with Crippen molar-refractivity contribution in [1.82, 2.24) is 9.47 Å². The van der Waals surface area contributed by atoms with Crippen molar-refractivity contribution in [3.8, 4) is 5.69 Å². The maximum Gasteiger partial charge on any atom is 0.338 e. The van der Waals surface area contributed by atoms with Gasteiger partial charge in [-0.3, -0.25) is 9.69 Å². The standard InChI is InChI=1S/C28H29N3O3S/c1-5-15-30-26(32)25(35-28(30)29-23-12-8-7-9-13-23)18-22-16-19(3)31(20(22)4)24-14-10-11-21(17-24)27(33)34-6-2/h7-14,16-18H,5-6,15H2,1-4H3/b25-18-,29-28?. The second-order valence-electron chi connectivity index (χ2n) is 8.23. The number of ether oxygens (including phenoxy) is 1. The lowest BCUT2D eigenvalue weighted by Gasteiger charge is -2.13. The average molecular weight is 488 g/mol. The number of para-hydroxylation sites is 1. The van der Waals surface area contributed by atoms with Gasteiger partial charge in [0.15, 0.2) is 5.17 Å². The fourth-order valence-corrected chi connectivity index (χ4v) is 5.10. The molecule has 3 aromatic rings. The number of nitrogens with zero attached hydrogens (tertiary/aromatic N) is 3. The number of amides is 1. The molecule has 2 aromatic carbocycles. The molecule has 7 heteroatoms. The van der Waals surface area contributed by atoms with Crippen molar-refractivity contribution in [1.29, 1.82) is 0 Å². The van der Waals surface area contributed by atoms with Crippen LogP contribution in [0.25, 0.3) is 11.8 Å². The number of aryl methyl sites for hydroxylation is 1. The lowest BCUT2D eigenvalue weighted by atomic mass is 10.2. The summed E-state index contributed by atoms with van der Waals surface area (Å²) in [5.41, 5.74) is 5.16. The number of benzene rings is 2. The summed E-state index contributed by atoms with van der Waals surface area (Å²) in [4.78, 5) is 32.6. The number of carbonyl (C=O) groups is 2. The van der Waals surface area contributed by atoms with E-state index in [1.807, 2.05) is 68.5 Å². The van der Waals surface area contributed by atoms with Crippen molar-refractivity contribution in [2.75, 3.05) is 13.2 Å². The number of carbonyl (C=O) groups excluding carboxylic acids is 2. The lowest BCUT2D eigenvalue weighted by molar-refractivity contribution is -0.122. The summed E-state index contributed by atoms with van der Waals surface area (Å²) < 4.78 is 7.24. The number of thioether (sulfide) groups is 1. The number of esters is 1. The van der Waals surface area contributed by atoms with Gasteiger partial charge >= 0.3 is 5.97 Å². The first-order valence-corrected chi connectivity index (χ1v) is 12.6. The molecule has 1 saturated heterocycles. The van der Waals surface area contributed by atoms with Gasteiger partial charge in [-0.2, -0.15) is 0 Å². The van der Waals surface area contributed by atoms with Crippen LogP contribution < -0.4 is 0 Å². The van der Waals surface area contributed by atoms with Crippen LogP contribution in [0.1, 0.15) is 47.6 Å². The van der Waals surface area contributed by atoms with Gasteiger partial charge in [-0.05, 0) is 87.0 Å². The van der Waals surface area contributed by atoms with Crippen LogP contribution in [0, 0.1) is 13.8 Å². The minimum Gasteiger partial charge on any atom is -0.462 e. The van der Waals surface area contributed by atoms with Gasteiger partial charge in [0.2, 0.25) is 0 Å². The first-order valence-electron chi connectivity index (χ1n) is 11.7. The third-order valence-corrected chi connectivity index (χ3v) is 6.70. The van der Waals surface area contributed by atoms with Crippen molar-refractivity contribution in [2.24, 2.45) is 4.99 Å². The largest absolute Gasteiger partial charge is 0.462 e. The predicted octanol–water partition coefficient (Wildman–Crippen LogP) is 6.28. The molecule has 0 N–H and O–H groups in total. The van der Waals surface area contributed by atoms with Crippen molar-refractivity contribution in [3.63, 3.8) is 0 Å². The van der Waals surface area contributed by atoms with Gasteiger partial charge in [0.25, 0.3) is 5.91 Å². The summed E-state index contributed by atoms with van der Waals surface area (Å²) in [6.45, 7) is 8.83. The zero-order valence-electron chi connectivity index (χ0n) is 20.4. The summed E-state index contributed by atoms with van der Waals surface area (Å²) in [5, 5.41) is 0.699. The first-order chi connectivity index (χ1) is 16.9. The molecule has 1 aliphatic heterocycles. The van der Waals surface area contributed by atoms with Gasteiger partial charge < -0.3 is 9.30 Å². The molecule has 0 unspecified atom stereocenters. The van der Waals surface area contributed by atoms with Crippen LogP contribution in [0.15, 0.2) is 70.6 Å². The molecule has 2 heterocycles. The Morgan fingerprint density at radius 1 is 1.06 bits per heavy atom. The quantitative estimate of drug-likeness (QED) is 0.290. The molecule has 35 heavy (non-hydrogen) atoms. The van der Waals surface area contributed by atoms with E-state index >= 15 is 0 Å². The molecule has 1 aliphatic rings. The summed E-state index contributed by atoms with van der Waals surface area (Å²) in [6.07, 6.45) is 2.79. The lowest BCUT2D eigenvalue weighted by Crippen LogP contribution is -2.29. The van der Waals surface area contributed by atoms with Crippen LogP contribution in [0.2, 0.25) is 0 Å². The fraction of sp³-hybridized carbons (Fsp3) is 0.250. The highest BCUT2D eigenvalue weighted by molar-refractivity contribution is 8.18. The normalized spacial score (nSPS) is 15.9. The van der Waals surface area contributed by atoms with E-state index in [4.69, 9.17) is 9.73 Å². The average Bonchev–Trinajstić information content (AvgIpc) is 3.30. The smallest absolute Gasteiger partial charge is 0.338 e. The van der Waals surface area contributed by atoms with Crippen molar-refractivity contribution >= 4 is 40.6 Å². The van der Waals surface area contributed by atoms with Gasteiger partial charge in [0.05, 0.1) is 22.8 Å². The number of aromatic nitrogens is 1. The van der Waals surface area contributed by atoms with Gasteiger partial charge in [0, 0.05) is 23.6 Å². The third-order valence-electron chi connectivity index (χ3n) is 5.69. The van der Waals surface area contributed by atoms with E-state index in [-0.39, 0.29) is 11.9 Å². The third kappa shape index (κ3) is 5.25. The van der Waals surface area contributed by atoms with E-state index in [0.717, 1.165) is 34.7 Å². The molecule has 6 nitrogen and oxygen atoms in total. The second kappa shape index (κ2) is 10.8. The van der Waals surface area contributed by atoms with Crippen LogP contribution >= 0.6 is 11.8 Å². The summed E-state index contributed by atoms with van der Waals surface area (Å²) >= 11 is 1.40. The molecule has 0 atom stereocenters. The van der Waals surface area contributed by atoms with E-state index in [9.17, 15) is 9.59 Å². The summed E-state index contributed by atoms with van der Waals surface area (Å²) in [6, 6.07) is 19.1. The number of rotatable bonds is 7. The van der Waals surface area contributed by atoms with Crippen LogP contribution in [0.3, 0.4) is 0 Å². The highest BCUT2D eigenvalue weighted by Crippen LogP contribution is 2.35. The minimum absolute atomic E-state index is 0.0272. The van der Waals surface area contributed by atoms with Crippen molar-refractivity contribution < 1.29 is 14.3 Å². The molecule has 0 saturated carbocycles. The van der Waals surface area contributed by atoms with Crippen LogP contribution in [0.5, 0.6) is 0 Å². The van der Waals surface area contributed by atoms with Crippen molar-refractivity contribution in [3.05, 3.63) is 88.1 Å². The Hall–Kier alpha value is -3.58. The highest BCUT2D eigenvalue weighted by Gasteiger charge is 2.33. The van der Waals surface area contributed by atoms with Gasteiger partial charge in [0.1, 0.15) is 0 Å². The molecule has 1 aromatic heterocycles. The Kier molecular flexibility index (Phi) is 7.56. The molecule has 180 valence electrons. The topological polar surface area (TPSA) is 63.9 Å². The van der Waals surface area contributed by atoms with Gasteiger partial charge in [-0.1, -0.05) is 31.2 Å². The molecule has 1 amide bonds. The predicted molar refractivity (Wildman–Crippen MR) is 142 cm³/mol. The molecule has 0 spiro atoms. The highest BCUT2D eigenvalue weighted by atomic mass is 32.2. The molecular formula is C28H29N3O3S. The van der Waals surface area contributed by atoms with E-state index in [0.29, 0.717) is 28.8 Å². The maximum absolute atomic E-state index is 13.3. The fourth-order valence-electron chi connectivity index (χ4n) is 4.08. The molecule has 1 fully saturated rings. The molecular weight excluding hydrogens is 458 g/mol. The number of aliphatic imine (C=N–C) groups is 1. The second-order valence-corrected chi connectivity index (χ2v) is 9.24. The summed E-state index contributed by atoms with van der Waals surface area (Å²) in [5.74, 6) is -0.367. The van der Waals surface area contributed by atoms with E-state index in [2.05, 4.69) is 17.6 Å². The monoisotopic (exact) mass is 487 g/mol. The zero-order chi connectivity index (χ0) is 24.9. The van der Waals surface area contributed by atoms with Crippen molar-refractivity contribution in [2.45, 2.75) is 34.1 Å².